The molecule has 0 heterocycles. The smallest absolute Gasteiger partial charge is 0.119 e. The molecule has 0 spiro atoms. The molecule has 0 fully saturated rings. The average molecular weight is 228 g/mol. The third-order valence-electron chi connectivity index (χ3n) is 2.97. The lowest BCUT2D eigenvalue weighted by Crippen LogP contribution is -2.11. The molecule has 0 aliphatic carbocycles. The zero-order valence-corrected chi connectivity index (χ0v) is 11.1. The van der Waals surface area contributed by atoms with Gasteiger partial charge in [0, 0.05) is 0 Å². The lowest BCUT2D eigenvalue weighted by molar-refractivity contribution is 0.340. The van der Waals surface area contributed by atoms with Gasteiger partial charge in [-0.05, 0) is 40.8 Å². The van der Waals surface area contributed by atoms with E-state index in [1.807, 2.05) is 6.92 Å². The maximum Gasteiger partial charge on any atom is 0.119 e. The van der Waals surface area contributed by atoms with Crippen molar-refractivity contribution in [3.8, 4) is 5.75 Å². The van der Waals surface area contributed by atoms with Crippen LogP contribution in [0.5, 0.6) is 5.75 Å². The molecule has 2 rings (SSSR count). The molecule has 0 bridgehead atoms. The summed E-state index contributed by atoms with van der Waals surface area (Å²) in [5.41, 5.74) is 1.56. The maximum atomic E-state index is 5.54. The molecule has 0 saturated heterocycles. The van der Waals surface area contributed by atoms with Gasteiger partial charge in [-0.2, -0.15) is 0 Å². The van der Waals surface area contributed by atoms with Crippen molar-refractivity contribution in [1.29, 1.82) is 0 Å². The predicted octanol–water partition coefficient (Wildman–Crippen LogP) is 4.54. The van der Waals surface area contributed by atoms with Gasteiger partial charge in [0.05, 0.1) is 6.61 Å². The highest BCUT2D eigenvalue weighted by atomic mass is 16.5. The van der Waals surface area contributed by atoms with Crippen molar-refractivity contribution in [2.45, 2.75) is 33.1 Å². The summed E-state index contributed by atoms with van der Waals surface area (Å²) in [6.07, 6.45) is 0. The second kappa shape index (κ2) is 4.40. The molecule has 2 aromatic rings. The number of ether oxygens (including phenoxy) is 1. The van der Waals surface area contributed by atoms with E-state index in [0.717, 1.165) is 5.75 Å². The summed E-state index contributed by atoms with van der Waals surface area (Å²) in [5.74, 6) is 0.950. The van der Waals surface area contributed by atoms with Crippen molar-refractivity contribution in [3.05, 3.63) is 42.0 Å². The van der Waals surface area contributed by atoms with Crippen molar-refractivity contribution in [1.82, 2.24) is 0 Å². The summed E-state index contributed by atoms with van der Waals surface area (Å²) < 4.78 is 5.54. The number of fused-ring (bicyclic) bond motifs is 1. The van der Waals surface area contributed by atoms with Crippen LogP contribution >= 0.6 is 0 Å². The van der Waals surface area contributed by atoms with Gasteiger partial charge in [0.25, 0.3) is 0 Å². The highest BCUT2D eigenvalue weighted by Crippen LogP contribution is 2.31. The molecule has 0 atom stereocenters. The molecule has 90 valence electrons. The summed E-state index contributed by atoms with van der Waals surface area (Å²) in [5, 5.41) is 2.58. The fourth-order valence-corrected chi connectivity index (χ4v) is 2.17. The molecule has 0 aromatic heterocycles. The number of rotatable bonds is 2. The number of hydrogen-bond donors (Lipinski definition) is 0. The van der Waals surface area contributed by atoms with Crippen molar-refractivity contribution in [3.63, 3.8) is 0 Å². The summed E-state index contributed by atoms with van der Waals surface area (Å²) in [6.45, 7) is 9.47. The average Bonchev–Trinajstić information content (AvgIpc) is 2.27. The highest BCUT2D eigenvalue weighted by Gasteiger charge is 2.16. The van der Waals surface area contributed by atoms with Crippen LogP contribution in [-0.4, -0.2) is 6.61 Å². The van der Waals surface area contributed by atoms with E-state index < -0.39 is 0 Å². The minimum atomic E-state index is 0.173. The molecule has 0 unspecified atom stereocenters. The van der Waals surface area contributed by atoms with Gasteiger partial charge in [-0.3, -0.25) is 0 Å². The molecule has 0 aliphatic rings. The summed E-state index contributed by atoms with van der Waals surface area (Å²) in [4.78, 5) is 0. The molecule has 0 radical (unpaired) electrons. The van der Waals surface area contributed by atoms with Crippen LogP contribution in [0.15, 0.2) is 36.4 Å². The van der Waals surface area contributed by atoms with E-state index in [1.165, 1.54) is 16.3 Å². The second-order valence-corrected chi connectivity index (χ2v) is 5.37. The first kappa shape index (κ1) is 12.0. The van der Waals surface area contributed by atoms with Crippen molar-refractivity contribution in [2.24, 2.45) is 0 Å². The van der Waals surface area contributed by atoms with Crippen LogP contribution in [0.3, 0.4) is 0 Å². The Labute approximate surface area is 103 Å². The molecule has 2 aromatic carbocycles. The number of benzene rings is 2. The van der Waals surface area contributed by atoms with E-state index >= 15 is 0 Å². The van der Waals surface area contributed by atoms with Gasteiger partial charge in [0.15, 0.2) is 0 Å². The third-order valence-corrected chi connectivity index (χ3v) is 2.97. The Bertz CT molecular complexity index is 521. The lowest BCUT2D eigenvalue weighted by atomic mass is 9.84. The van der Waals surface area contributed by atoms with Crippen LogP contribution < -0.4 is 4.74 Å². The van der Waals surface area contributed by atoms with E-state index in [9.17, 15) is 0 Å². The van der Waals surface area contributed by atoms with Crippen LogP contribution in [0.1, 0.15) is 33.3 Å². The molecule has 0 aliphatic heterocycles. The fraction of sp³-hybridized carbons (Fsp3) is 0.375. The lowest BCUT2D eigenvalue weighted by Gasteiger charge is -2.21. The van der Waals surface area contributed by atoms with E-state index in [-0.39, 0.29) is 5.41 Å². The maximum absolute atomic E-state index is 5.54. The summed E-state index contributed by atoms with van der Waals surface area (Å²) in [7, 11) is 0. The molecule has 17 heavy (non-hydrogen) atoms. The first-order chi connectivity index (χ1) is 8.02. The third kappa shape index (κ3) is 2.44. The SMILES string of the molecule is CCOc1ccc2c(C(C)(C)C)cccc2c1. The van der Waals surface area contributed by atoms with Gasteiger partial charge in [0.2, 0.25) is 0 Å². The van der Waals surface area contributed by atoms with Crippen LogP contribution in [0.4, 0.5) is 0 Å². The topological polar surface area (TPSA) is 9.23 Å². The van der Waals surface area contributed by atoms with Crippen LogP contribution in [0, 0.1) is 0 Å². The molecular formula is C16H20O. The molecule has 0 amide bonds. The Kier molecular flexibility index (Phi) is 3.10. The van der Waals surface area contributed by atoms with Gasteiger partial charge >= 0.3 is 0 Å². The molecule has 0 saturated carbocycles. The van der Waals surface area contributed by atoms with E-state index in [4.69, 9.17) is 4.74 Å². The standard InChI is InChI=1S/C16H20O/c1-5-17-13-9-10-14-12(11-13)7-6-8-15(14)16(2,3)4/h6-11H,5H2,1-4H3. The zero-order chi connectivity index (χ0) is 12.5. The first-order valence-electron chi connectivity index (χ1n) is 6.18. The quantitative estimate of drug-likeness (QED) is 0.733. The van der Waals surface area contributed by atoms with Gasteiger partial charge in [-0.25, -0.2) is 0 Å². The van der Waals surface area contributed by atoms with Gasteiger partial charge in [-0.1, -0.05) is 45.0 Å². The highest BCUT2D eigenvalue weighted by molar-refractivity contribution is 5.87. The Balaban J connectivity index is 2.59. The molecule has 1 nitrogen and oxygen atoms in total. The zero-order valence-electron chi connectivity index (χ0n) is 11.1. The Hall–Kier alpha value is -1.50. The normalized spacial score (nSPS) is 11.8. The van der Waals surface area contributed by atoms with Crippen molar-refractivity contribution in [2.75, 3.05) is 6.61 Å². The van der Waals surface area contributed by atoms with Crippen molar-refractivity contribution < 1.29 is 4.74 Å². The Morgan fingerprint density at radius 2 is 1.82 bits per heavy atom. The van der Waals surface area contributed by atoms with E-state index in [2.05, 4.69) is 57.2 Å². The molecular weight excluding hydrogens is 208 g/mol. The van der Waals surface area contributed by atoms with E-state index in [0.29, 0.717) is 6.61 Å². The van der Waals surface area contributed by atoms with Gasteiger partial charge in [0.1, 0.15) is 5.75 Å². The predicted molar refractivity (Wildman–Crippen MR) is 73.8 cm³/mol. The van der Waals surface area contributed by atoms with Crippen molar-refractivity contribution >= 4 is 10.8 Å². The van der Waals surface area contributed by atoms with E-state index in [1.54, 1.807) is 0 Å². The minimum Gasteiger partial charge on any atom is -0.494 e. The van der Waals surface area contributed by atoms with Crippen LogP contribution in [-0.2, 0) is 5.41 Å². The Morgan fingerprint density at radius 1 is 1.06 bits per heavy atom. The summed E-state index contributed by atoms with van der Waals surface area (Å²) in [6, 6.07) is 12.8. The first-order valence-corrected chi connectivity index (χ1v) is 6.18. The van der Waals surface area contributed by atoms with Gasteiger partial charge < -0.3 is 4.74 Å². The second-order valence-electron chi connectivity index (χ2n) is 5.37. The Morgan fingerprint density at radius 3 is 2.47 bits per heavy atom. The monoisotopic (exact) mass is 228 g/mol. The largest absolute Gasteiger partial charge is 0.494 e. The minimum absolute atomic E-state index is 0.173. The number of hydrogen-bond acceptors (Lipinski definition) is 1. The molecule has 0 N–H and O–H groups in total. The summed E-state index contributed by atoms with van der Waals surface area (Å²) >= 11 is 0. The van der Waals surface area contributed by atoms with Crippen LogP contribution in [0.25, 0.3) is 10.8 Å². The van der Waals surface area contributed by atoms with Gasteiger partial charge in [-0.15, -0.1) is 0 Å². The fourth-order valence-electron chi connectivity index (χ4n) is 2.17. The van der Waals surface area contributed by atoms with Crippen LogP contribution in [0.2, 0.25) is 0 Å². The molecule has 1 heteroatoms.